The highest BCUT2D eigenvalue weighted by Crippen LogP contribution is 2.32. The van der Waals surface area contributed by atoms with E-state index >= 15 is 0 Å². The molecule has 0 saturated carbocycles. The number of carbonyl (C=O) groups is 2. The monoisotopic (exact) mass is 530 g/mol. The first-order valence-electron chi connectivity index (χ1n) is 11.1. The number of fused-ring (bicyclic) bond motifs is 1. The third kappa shape index (κ3) is 5.74. The predicted octanol–water partition coefficient (Wildman–Crippen LogP) is 6.20. The fraction of sp³-hybridized carbons (Fsp3) is 0.0370. The Balaban J connectivity index is 1.41. The molecule has 5 rings (SSSR count). The molecule has 0 fully saturated rings. The number of aromatic nitrogens is 3. The summed E-state index contributed by atoms with van der Waals surface area (Å²) in [6.07, 6.45) is 3.29. The van der Waals surface area contributed by atoms with E-state index in [-0.39, 0.29) is 28.5 Å². The van der Waals surface area contributed by atoms with E-state index in [1.165, 1.54) is 6.08 Å². The van der Waals surface area contributed by atoms with Crippen molar-refractivity contribution in [2.75, 3.05) is 5.32 Å². The number of anilines is 1. The molecule has 3 aromatic carbocycles. The van der Waals surface area contributed by atoms with Crippen LogP contribution in [-0.4, -0.2) is 31.7 Å². The zero-order chi connectivity index (χ0) is 25.8. The van der Waals surface area contributed by atoms with Crippen molar-refractivity contribution in [3.63, 3.8) is 0 Å². The van der Waals surface area contributed by atoms with Crippen LogP contribution in [0.15, 0.2) is 99.6 Å². The van der Waals surface area contributed by atoms with Crippen molar-refractivity contribution in [2.24, 2.45) is 0 Å². The van der Waals surface area contributed by atoms with Gasteiger partial charge in [-0.1, -0.05) is 48.0 Å². The number of thioether (sulfide) groups is 1. The van der Waals surface area contributed by atoms with Gasteiger partial charge in [-0.3, -0.25) is 4.79 Å². The minimum absolute atomic E-state index is 0.0112. The van der Waals surface area contributed by atoms with Gasteiger partial charge in [-0.25, -0.2) is 4.79 Å². The van der Waals surface area contributed by atoms with E-state index in [1.54, 1.807) is 35.0 Å². The van der Waals surface area contributed by atoms with E-state index in [1.807, 2.05) is 54.6 Å². The first kappa shape index (κ1) is 24.4. The number of benzene rings is 3. The lowest BCUT2D eigenvalue weighted by Gasteiger charge is -2.07. The van der Waals surface area contributed by atoms with Gasteiger partial charge in [0.2, 0.25) is 11.8 Å². The third-order valence-electron chi connectivity index (χ3n) is 5.38. The normalized spacial score (nSPS) is 11.5. The predicted molar refractivity (Wildman–Crippen MR) is 143 cm³/mol. The molecule has 0 atom stereocenters. The van der Waals surface area contributed by atoms with E-state index in [4.69, 9.17) is 16.0 Å². The van der Waals surface area contributed by atoms with E-state index < -0.39 is 5.97 Å². The molecule has 0 aliphatic carbocycles. The summed E-state index contributed by atoms with van der Waals surface area (Å²) in [5.41, 5.74) is 2.81. The summed E-state index contributed by atoms with van der Waals surface area (Å²) in [5.74, 6) is -1.09. The van der Waals surface area contributed by atoms with Crippen LogP contribution in [0.2, 0.25) is 5.02 Å². The molecule has 0 bridgehead atoms. The summed E-state index contributed by atoms with van der Waals surface area (Å²) >= 11 is 6.78. The smallest absolute Gasteiger partial charge is 0.342 e. The maximum Gasteiger partial charge on any atom is 0.342 e. The van der Waals surface area contributed by atoms with Crippen LogP contribution in [0.25, 0.3) is 28.4 Å². The summed E-state index contributed by atoms with van der Waals surface area (Å²) in [6.45, 7) is 0.0624. The number of hydrogen-bond acceptors (Lipinski definition) is 6. The van der Waals surface area contributed by atoms with Crippen LogP contribution in [0.4, 0.5) is 5.69 Å². The number of carboxylic acid groups (broad SMARTS) is 1. The quantitative estimate of drug-likeness (QED) is 0.181. The average molecular weight is 531 g/mol. The fourth-order valence-electron chi connectivity index (χ4n) is 3.73. The molecular weight excluding hydrogens is 512 g/mol. The zero-order valence-electron chi connectivity index (χ0n) is 19.2. The van der Waals surface area contributed by atoms with E-state index in [9.17, 15) is 14.7 Å². The molecule has 0 radical (unpaired) electrons. The second-order valence-electron chi connectivity index (χ2n) is 7.94. The number of amides is 1. The molecule has 184 valence electrons. The number of rotatable bonds is 8. The van der Waals surface area contributed by atoms with Gasteiger partial charge >= 0.3 is 5.97 Å². The zero-order valence-corrected chi connectivity index (χ0v) is 20.7. The Bertz CT molecular complexity index is 1610. The molecule has 0 unspecified atom stereocenters. The molecule has 0 saturated heterocycles. The van der Waals surface area contributed by atoms with Gasteiger partial charge in [0.05, 0.1) is 0 Å². The first-order valence-corrected chi connectivity index (χ1v) is 12.3. The minimum Gasteiger partial charge on any atom is -0.477 e. The van der Waals surface area contributed by atoms with Crippen molar-refractivity contribution in [1.82, 2.24) is 14.8 Å². The molecule has 5 aromatic rings. The van der Waals surface area contributed by atoms with E-state index in [2.05, 4.69) is 15.5 Å². The largest absolute Gasteiger partial charge is 0.477 e. The van der Waals surface area contributed by atoms with Gasteiger partial charge in [0.25, 0.3) is 5.22 Å². The van der Waals surface area contributed by atoms with Gasteiger partial charge in [-0.15, -0.1) is 10.2 Å². The summed E-state index contributed by atoms with van der Waals surface area (Å²) < 4.78 is 7.45. The van der Waals surface area contributed by atoms with Crippen molar-refractivity contribution < 1.29 is 19.1 Å². The SMILES string of the molecule is O=C(Cn1cc(/C=C(\Sc2nnc(-c3ccc(Cl)cc3)o2)C(=O)O)c2ccccc21)Nc1ccccc1. The highest BCUT2D eigenvalue weighted by molar-refractivity contribution is 8.03. The van der Waals surface area contributed by atoms with Crippen LogP contribution < -0.4 is 5.32 Å². The Morgan fingerprint density at radius 3 is 2.49 bits per heavy atom. The first-order chi connectivity index (χ1) is 18.0. The molecule has 0 aliphatic heterocycles. The van der Waals surface area contributed by atoms with Gasteiger partial charge in [0, 0.05) is 38.9 Å². The lowest BCUT2D eigenvalue weighted by molar-refractivity contribution is -0.131. The summed E-state index contributed by atoms with van der Waals surface area (Å²) in [7, 11) is 0. The van der Waals surface area contributed by atoms with Gasteiger partial charge in [0.1, 0.15) is 11.4 Å². The second-order valence-corrected chi connectivity index (χ2v) is 9.37. The number of carbonyl (C=O) groups excluding carboxylic acids is 1. The van der Waals surface area contributed by atoms with Crippen LogP contribution in [0.5, 0.6) is 0 Å². The van der Waals surface area contributed by atoms with Crippen LogP contribution >= 0.6 is 23.4 Å². The molecule has 0 spiro atoms. The number of nitrogens with zero attached hydrogens (tertiary/aromatic N) is 3. The number of hydrogen-bond donors (Lipinski definition) is 2. The minimum atomic E-state index is -1.14. The second kappa shape index (κ2) is 10.7. The van der Waals surface area contributed by atoms with Crippen molar-refractivity contribution >= 4 is 57.9 Å². The van der Waals surface area contributed by atoms with Crippen LogP contribution in [0.1, 0.15) is 5.56 Å². The molecule has 2 aromatic heterocycles. The molecule has 1 amide bonds. The summed E-state index contributed by atoms with van der Waals surface area (Å²) in [4.78, 5) is 24.7. The summed E-state index contributed by atoms with van der Waals surface area (Å²) in [5, 5.41) is 22.2. The highest BCUT2D eigenvalue weighted by Gasteiger charge is 2.18. The molecule has 2 N–H and O–H groups in total. The molecule has 8 nitrogen and oxygen atoms in total. The van der Waals surface area contributed by atoms with Crippen LogP contribution in [0.3, 0.4) is 0 Å². The van der Waals surface area contributed by atoms with Crippen molar-refractivity contribution in [3.8, 4) is 11.5 Å². The Kier molecular flexibility index (Phi) is 7.07. The van der Waals surface area contributed by atoms with Gasteiger partial charge in [0.15, 0.2) is 0 Å². The fourth-order valence-corrected chi connectivity index (χ4v) is 4.52. The Morgan fingerprint density at radius 1 is 1.00 bits per heavy atom. The summed E-state index contributed by atoms with van der Waals surface area (Å²) in [6, 6.07) is 23.5. The Morgan fingerprint density at radius 2 is 1.73 bits per heavy atom. The van der Waals surface area contributed by atoms with Crippen LogP contribution in [-0.2, 0) is 16.1 Å². The molecule has 2 heterocycles. The number of aliphatic carboxylic acids is 1. The molecule has 0 aliphatic rings. The lowest BCUT2D eigenvalue weighted by Crippen LogP contribution is -2.18. The molecule has 10 heteroatoms. The average Bonchev–Trinajstić information content (AvgIpc) is 3.50. The Hall–Kier alpha value is -4.34. The van der Waals surface area contributed by atoms with Crippen molar-refractivity contribution in [3.05, 3.63) is 101 Å². The maximum absolute atomic E-state index is 12.7. The van der Waals surface area contributed by atoms with Crippen LogP contribution in [0, 0.1) is 0 Å². The Labute approximate surface area is 220 Å². The number of halogens is 1. The topological polar surface area (TPSA) is 110 Å². The standard InChI is InChI=1S/C27H19ClN4O4S/c28-19-12-10-17(11-13-19)25-30-31-27(36-25)37-23(26(34)35)14-18-15-32(22-9-5-4-8-21(18)22)16-24(33)29-20-6-2-1-3-7-20/h1-15H,16H2,(H,29,33)(H,34,35)/b23-14-. The molecular formula is C27H19ClN4O4S. The highest BCUT2D eigenvalue weighted by atomic mass is 35.5. The van der Waals surface area contributed by atoms with Gasteiger partial charge in [-0.05, 0) is 60.3 Å². The number of para-hydroxylation sites is 2. The van der Waals surface area contributed by atoms with Crippen molar-refractivity contribution in [2.45, 2.75) is 11.8 Å². The van der Waals surface area contributed by atoms with Gasteiger partial charge < -0.3 is 19.4 Å². The van der Waals surface area contributed by atoms with E-state index in [0.717, 1.165) is 22.7 Å². The van der Waals surface area contributed by atoms with Gasteiger partial charge in [-0.2, -0.15) is 0 Å². The lowest BCUT2D eigenvalue weighted by atomic mass is 10.1. The maximum atomic E-state index is 12.7. The van der Waals surface area contributed by atoms with E-state index in [0.29, 0.717) is 21.8 Å². The van der Waals surface area contributed by atoms with Crippen molar-refractivity contribution in [1.29, 1.82) is 0 Å². The molecule has 37 heavy (non-hydrogen) atoms. The number of carboxylic acids is 1. The number of nitrogens with one attached hydrogen (secondary N) is 1. The third-order valence-corrected chi connectivity index (χ3v) is 6.49.